The van der Waals surface area contributed by atoms with Crippen LogP contribution < -0.4 is 14.8 Å². The number of hydrogen-bond donors (Lipinski definition) is 1. The van der Waals surface area contributed by atoms with E-state index in [1.54, 1.807) is 24.3 Å². The molecular weight excluding hydrogens is 366 g/mol. The lowest BCUT2D eigenvalue weighted by Gasteiger charge is -2.04. The molecule has 0 aliphatic heterocycles. The van der Waals surface area contributed by atoms with Crippen LogP contribution in [-0.4, -0.2) is 10.8 Å². The van der Waals surface area contributed by atoms with Crippen LogP contribution >= 0.6 is 22.9 Å². The first-order chi connectivity index (χ1) is 12.4. The van der Waals surface area contributed by atoms with Crippen molar-refractivity contribution in [1.29, 1.82) is 0 Å². The SMILES string of the molecule is CC(C)c1ccc(/C=c2\s/c(=C\C(=O)c3cccc(Cl)c3)[nH]c2=O)cc1. The molecule has 0 spiro atoms. The predicted molar refractivity (Wildman–Crippen MR) is 109 cm³/mol. The summed E-state index contributed by atoms with van der Waals surface area (Å²) in [7, 11) is 0. The van der Waals surface area contributed by atoms with E-state index in [4.69, 9.17) is 11.6 Å². The van der Waals surface area contributed by atoms with Gasteiger partial charge in [0.05, 0.1) is 9.20 Å². The Morgan fingerprint density at radius 2 is 1.88 bits per heavy atom. The standard InChI is InChI=1S/C21H18ClNO2S/c1-13(2)15-8-6-14(7-9-15)10-19-21(25)23-20(26-19)12-18(24)16-4-3-5-17(22)11-16/h3-13H,1-2H3,(H,23,25)/b19-10-,20-12-. The second kappa shape index (κ2) is 7.85. The van der Waals surface area contributed by atoms with E-state index in [2.05, 4.69) is 31.0 Å². The summed E-state index contributed by atoms with van der Waals surface area (Å²) < 4.78 is 1.08. The minimum atomic E-state index is -0.201. The number of carbonyl (C=O) groups excluding carboxylic acids is 1. The molecule has 3 aromatic rings. The molecule has 0 unspecified atom stereocenters. The molecule has 0 aliphatic carbocycles. The van der Waals surface area contributed by atoms with Gasteiger partial charge in [0, 0.05) is 16.7 Å². The number of aromatic amines is 1. The third kappa shape index (κ3) is 4.40. The Hall–Kier alpha value is -2.43. The van der Waals surface area contributed by atoms with Crippen LogP contribution in [0.1, 0.15) is 41.3 Å². The van der Waals surface area contributed by atoms with Gasteiger partial charge >= 0.3 is 0 Å². The maximum absolute atomic E-state index is 12.3. The lowest BCUT2D eigenvalue weighted by atomic mass is 10.0. The van der Waals surface area contributed by atoms with Gasteiger partial charge in [-0.25, -0.2) is 0 Å². The summed E-state index contributed by atoms with van der Waals surface area (Å²) >= 11 is 7.17. The molecule has 0 fully saturated rings. The number of ketones is 1. The number of rotatable bonds is 4. The van der Waals surface area contributed by atoms with Gasteiger partial charge < -0.3 is 4.98 Å². The number of halogens is 1. The topological polar surface area (TPSA) is 49.9 Å². The van der Waals surface area contributed by atoms with E-state index in [1.807, 2.05) is 18.2 Å². The molecule has 3 rings (SSSR count). The Bertz CT molecular complexity index is 1110. The number of benzene rings is 2. The van der Waals surface area contributed by atoms with Crippen LogP contribution in [0.5, 0.6) is 0 Å². The van der Waals surface area contributed by atoms with Crippen molar-refractivity contribution < 1.29 is 4.79 Å². The Labute approximate surface area is 160 Å². The summed E-state index contributed by atoms with van der Waals surface area (Å²) in [5.74, 6) is 0.269. The minimum Gasteiger partial charge on any atom is -0.313 e. The number of carbonyl (C=O) groups is 1. The van der Waals surface area contributed by atoms with Crippen molar-refractivity contribution in [3.63, 3.8) is 0 Å². The van der Waals surface area contributed by atoms with Crippen molar-refractivity contribution in [3.8, 4) is 0 Å². The molecule has 1 heterocycles. The number of thiazole rings is 1. The molecule has 132 valence electrons. The fourth-order valence-corrected chi connectivity index (χ4v) is 3.57. The normalized spacial score (nSPS) is 12.8. The molecule has 0 aliphatic rings. The third-order valence-electron chi connectivity index (χ3n) is 3.95. The van der Waals surface area contributed by atoms with Gasteiger partial charge in [-0.1, -0.05) is 61.8 Å². The molecule has 3 nitrogen and oxygen atoms in total. The molecular formula is C21H18ClNO2S. The number of H-pyrrole nitrogens is 1. The first-order valence-corrected chi connectivity index (χ1v) is 9.44. The van der Waals surface area contributed by atoms with Crippen LogP contribution in [0.15, 0.2) is 53.3 Å². The van der Waals surface area contributed by atoms with E-state index in [-0.39, 0.29) is 11.3 Å². The van der Waals surface area contributed by atoms with Gasteiger partial charge in [0.25, 0.3) is 5.56 Å². The van der Waals surface area contributed by atoms with Crippen molar-refractivity contribution in [3.05, 3.63) is 89.8 Å². The molecule has 0 bridgehead atoms. The second-order valence-corrected chi connectivity index (χ2v) is 7.79. The van der Waals surface area contributed by atoms with Crippen LogP contribution in [0.3, 0.4) is 0 Å². The van der Waals surface area contributed by atoms with E-state index in [0.717, 1.165) is 5.56 Å². The van der Waals surface area contributed by atoms with Gasteiger partial charge in [0.15, 0.2) is 5.78 Å². The largest absolute Gasteiger partial charge is 0.313 e. The van der Waals surface area contributed by atoms with Crippen LogP contribution in [0, 0.1) is 0 Å². The van der Waals surface area contributed by atoms with Crippen LogP contribution in [0.25, 0.3) is 12.2 Å². The highest BCUT2D eigenvalue weighted by atomic mass is 35.5. The van der Waals surface area contributed by atoms with Crippen LogP contribution in [-0.2, 0) is 0 Å². The average Bonchev–Trinajstić information content (AvgIpc) is 2.94. The molecule has 0 amide bonds. The molecule has 0 atom stereocenters. The maximum atomic E-state index is 12.3. The van der Waals surface area contributed by atoms with Gasteiger partial charge in [-0.3, -0.25) is 9.59 Å². The zero-order valence-corrected chi connectivity index (χ0v) is 16.0. The highest BCUT2D eigenvalue weighted by Crippen LogP contribution is 2.15. The van der Waals surface area contributed by atoms with Gasteiger partial charge in [0.2, 0.25) is 0 Å². The lowest BCUT2D eigenvalue weighted by Crippen LogP contribution is -2.20. The summed E-state index contributed by atoms with van der Waals surface area (Å²) in [6.07, 6.45) is 3.26. The van der Waals surface area contributed by atoms with Crippen LogP contribution in [0.2, 0.25) is 5.02 Å². The monoisotopic (exact) mass is 383 g/mol. The Morgan fingerprint density at radius 1 is 1.15 bits per heavy atom. The molecule has 26 heavy (non-hydrogen) atoms. The zero-order valence-electron chi connectivity index (χ0n) is 14.5. The van der Waals surface area contributed by atoms with Gasteiger partial charge in [-0.2, -0.15) is 0 Å². The van der Waals surface area contributed by atoms with Crippen molar-refractivity contribution in [2.75, 3.05) is 0 Å². The summed E-state index contributed by atoms with van der Waals surface area (Å²) in [5, 5.41) is 0.503. The smallest absolute Gasteiger partial charge is 0.266 e. The van der Waals surface area contributed by atoms with Crippen molar-refractivity contribution in [2.45, 2.75) is 19.8 Å². The molecule has 0 saturated heterocycles. The van der Waals surface area contributed by atoms with Crippen molar-refractivity contribution in [1.82, 2.24) is 4.98 Å². The fourth-order valence-electron chi connectivity index (χ4n) is 2.50. The molecule has 1 aromatic heterocycles. The summed E-state index contributed by atoms with van der Waals surface area (Å²) in [6.45, 7) is 4.28. The van der Waals surface area contributed by atoms with Crippen molar-refractivity contribution >= 4 is 40.9 Å². The van der Waals surface area contributed by atoms with E-state index >= 15 is 0 Å². The molecule has 2 aromatic carbocycles. The highest BCUT2D eigenvalue weighted by Gasteiger charge is 2.04. The first-order valence-electron chi connectivity index (χ1n) is 8.25. The zero-order chi connectivity index (χ0) is 18.7. The average molecular weight is 384 g/mol. The Kier molecular flexibility index (Phi) is 5.55. The van der Waals surface area contributed by atoms with Crippen molar-refractivity contribution in [2.24, 2.45) is 0 Å². The predicted octanol–water partition coefficient (Wildman–Crippen LogP) is 3.71. The van der Waals surface area contributed by atoms with E-state index in [1.165, 1.54) is 23.0 Å². The second-order valence-electron chi connectivity index (χ2n) is 6.27. The maximum Gasteiger partial charge on any atom is 0.266 e. The van der Waals surface area contributed by atoms with E-state index in [9.17, 15) is 9.59 Å². The number of nitrogens with one attached hydrogen (secondary N) is 1. The van der Waals surface area contributed by atoms with Gasteiger partial charge in [-0.15, -0.1) is 11.3 Å². The summed E-state index contributed by atoms with van der Waals surface area (Å²) in [6, 6.07) is 14.9. The number of aromatic nitrogens is 1. The fraction of sp³-hybridized carbons (Fsp3) is 0.143. The highest BCUT2D eigenvalue weighted by molar-refractivity contribution is 7.07. The summed E-state index contributed by atoms with van der Waals surface area (Å²) in [4.78, 5) is 27.2. The Morgan fingerprint density at radius 3 is 2.54 bits per heavy atom. The quantitative estimate of drug-likeness (QED) is 0.698. The molecule has 0 saturated carbocycles. The summed E-state index contributed by atoms with van der Waals surface area (Å²) in [5.41, 5.74) is 2.49. The minimum absolute atomic E-state index is 0.196. The third-order valence-corrected chi connectivity index (χ3v) is 5.15. The first kappa shape index (κ1) is 18.4. The molecule has 5 heteroatoms. The van der Waals surface area contributed by atoms with Crippen LogP contribution in [0.4, 0.5) is 0 Å². The lowest BCUT2D eigenvalue weighted by molar-refractivity contribution is 0.106. The van der Waals surface area contributed by atoms with Gasteiger partial charge in [-0.05, 0) is 35.3 Å². The van der Waals surface area contributed by atoms with E-state index < -0.39 is 0 Å². The molecule has 1 N–H and O–H groups in total. The molecule has 0 radical (unpaired) electrons. The Balaban J connectivity index is 1.93. The number of hydrogen-bond acceptors (Lipinski definition) is 3. The van der Waals surface area contributed by atoms with Gasteiger partial charge in [0.1, 0.15) is 0 Å². The van der Waals surface area contributed by atoms with E-state index in [0.29, 0.717) is 25.7 Å². The number of Topliss-reactive ketones (excluding diaryl/α,β-unsaturated/α-hetero) is 1.